The molecule has 182 valence electrons. The van der Waals surface area contributed by atoms with Crippen molar-refractivity contribution in [2.24, 2.45) is 0 Å². The van der Waals surface area contributed by atoms with Gasteiger partial charge < -0.3 is 29.8 Å². The van der Waals surface area contributed by atoms with Crippen LogP contribution in [0.3, 0.4) is 0 Å². The minimum absolute atomic E-state index is 0.132. The van der Waals surface area contributed by atoms with Crippen LogP contribution in [-0.2, 0) is 4.74 Å². The average Bonchev–Trinajstić information content (AvgIpc) is 3.31. The SMILES string of the molecule is CO[C@H](C)COc1nc(C(=O)N[C@@H](C)CO)cc(N2CCC(c3c[nH]c4ncccc34)CC2)n1. The predicted molar refractivity (Wildman–Crippen MR) is 128 cm³/mol. The summed E-state index contributed by atoms with van der Waals surface area (Å²) in [6, 6.07) is 5.50. The van der Waals surface area contributed by atoms with Crippen LogP contribution in [0, 0.1) is 0 Å². The maximum Gasteiger partial charge on any atom is 0.319 e. The molecule has 1 aliphatic rings. The number of rotatable bonds is 9. The van der Waals surface area contributed by atoms with Crippen LogP contribution in [0.25, 0.3) is 11.0 Å². The smallest absolute Gasteiger partial charge is 0.319 e. The summed E-state index contributed by atoms with van der Waals surface area (Å²) < 4.78 is 11.0. The quantitative estimate of drug-likeness (QED) is 0.437. The standard InChI is InChI=1S/C24H32N6O4/c1-15(13-31)27-23(32)20-11-21(29-24(28-20)34-14-16(2)33-3)30-9-6-17(7-10-30)19-12-26-22-18(19)5-4-8-25-22/h4-5,8,11-12,15-17,31H,6-7,9-10,13-14H2,1-3H3,(H,25,26)(H,27,32)/t15-,16+/m0/s1. The summed E-state index contributed by atoms with van der Waals surface area (Å²) >= 11 is 0. The van der Waals surface area contributed by atoms with Gasteiger partial charge in [-0.2, -0.15) is 9.97 Å². The molecule has 0 bridgehead atoms. The first-order valence-electron chi connectivity index (χ1n) is 11.6. The molecule has 0 unspecified atom stereocenters. The van der Waals surface area contributed by atoms with E-state index in [1.165, 1.54) is 10.9 Å². The van der Waals surface area contributed by atoms with E-state index in [1.807, 2.05) is 13.0 Å². The number of piperidine rings is 1. The van der Waals surface area contributed by atoms with Crippen molar-refractivity contribution in [1.29, 1.82) is 0 Å². The molecule has 0 aromatic carbocycles. The van der Waals surface area contributed by atoms with E-state index >= 15 is 0 Å². The molecule has 1 aliphatic heterocycles. The molecule has 10 nitrogen and oxygen atoms in total. The van der Waals surface area contributed by atoms with Gasteiger partial charge in [0.25, 0.3) is 5.91 Å². The van der Waals surface area contributed by atoms with E-state index in [1.54, 1.807) is 26.3 Å². The lowest BCUT2D eigenvalue weighted by atomic mass is 9.89. The second-order valence-corrected chi connectivity index (χ2v) is 8.71. The minimum atomic E-state index is -0.384. The molecule has 4 rings (SSSR count). The number of fused-ring (bicyclic) bond motifs is 1. The van der Waals surface area contributed by atoms with Gasteiger partial charge in [0.05, 0.1) is 12.7 Å². The molecular weight excluding hydrogens is 436 g/mol. The number of hydrogen-bond donors (Lipinski definition) is 3. The van der Waals surface area contributed by atoms with E-state index in [-0.39, 0.29) is 43.0 Å². The molecule has 3 aromatic heterocycles. The fourth-order valence-electron chi connectivity index (χ4n) is 4.09. The molecule has 0 radical (unpaired) electrons. The Morgan fingerprint density at radius 2 is 2.12 bits per heavy atom. The Labute approximate surface area is 198 Å². The normalized spacial score (nSPS) is 16.4. The third kappa shape index (κ3) is 5.45. The monoisotopic (exact) mass is 468 g/mol. The van der Waals surface area contributed by atoms with Crippen molar-refractivity contribution in [2.75, 3.05) is 38.3 Å². The van der Waals surface area contributed by atoms with E-state index in [0.717, 1.165) is 31.6 Å². The molecule has 4 heterocycles. The number of aliphatic hydroxyl groups excluding tert-OH is 1. The molecule has 1 fully saturated rings. The van der Waals surface area contributed by atoms with Gasteiger partial charge in [0.2, 0.25) is 0 Å². The van der Waals surface area contributed by atoms with Crippen LogP contribution in [0.5, 0.6) is 6.01 Å². The van der Waals surface area contributed by atoms with Gasteiger partial charge in [-0.25, -0.2) is 4.98 Å². The molecule has 0 spiro atoms. The van der Waals surface area contributed by atoms with Crippen molar-refractivity contribution in [3.8, 4) is 6.01 Å². The van der Waals surface area contributed by atoms with Gasteiger partial charge >= 0.3 is 6.01 Å². The first kappa shape index (κ1) is 23.9. The van der Waals surface area contributed by atoms with Gasteiger partial charge in [0.15, 0.2) is 0 Å². The van der Waals surface area contributed by atoms with E-state index in [0.29, 0.717) is 11.7 Å². The van der Waals surface area contributed by atoms with E-state index < -0.39 is 0 Å². The Kier molecular flexibility index (Phi) is 7.59. The Balaban J connectivity index is 1.51. The fraction of sp³-hybridized carbons (Fsp3) is 0.500. The number of H-pyrrole nitrogens is 1. The Bertz CT molecular complexity index is 1110. The van der Waals surface area contributed by atoms with Gasteiger partial charge in [0.1, 0.15) is 23.8 Å². The number of amides is 1. The molecule has 0 saturated carbocycles. The van der Waals surface area contributed by atoms with Crippen LogP contribution in [0.15, 0.2) is 30.6 Å². The second kappa shape index (κ2) is 10.8. The molecule has 3 aromatic rings. The summed E-state index contributed by atoms with van der Waals surface area (Å²) in [5.41, 5.74) is 2.41. The number of carbonyl (C=O) groups is 1. The minimum Gasteiger partial charge on any atom is -0.461 e. The van der Waals surface area contributed by atoms with Crippen LogP contribution >= 0.6 is 0 Å². The lowest BCUT2D eigenvalue weighted by Gasteiger charge is -2.33. The maximum absolute atomic E-state index is 12.7. The zero-order valence-electron chi connectivity index (χ0n) is 19.8. The average molecular weight is 469 g/mol. The van der Waals surface area contributed by atoms with Crippen molar-refractivity contribution >= 4 is 22.8 Å². The van der Waals surface area contributed by atoms with Crippen LogP contribution in [0.4, 0.5) is 5.82 Å². The third-order valence-electron chi connectivity index (χ3n) is 6.17. The van der Waals surface area contributed by atoms with Gasteiger partial charge in [-0.3, -0.25) is 4.79 Å². The summed E-state index contributed by atoms with van der Waals surface area (Å²) in [5, 5.41) is 13.2. The van der Waals surface area contributed by atoms with E-state index in [2.05, 4.69) is 42.4 Å². The van der Waals surface area contributed by atoms with Gasteiger partial charge in [0, 0.05) is 50.1 Å². The largest absolute Gasteiger partial charge is 0.461 e. The Morgan fingerprint density at radius 3 is 2.85 bits per heavy atom. The van der Waals surface area contributed by atoms with Gasteiger partial charge in [-0.1, -0.05) is 0 Å². The van der Waals surface area contributed by atoms with Gasteiger partial charge in [-0.05, 0) is 50.3 Å². The molecule has 0 aliphatic carbocycles. The maximum atomic E-state index is 12.7. The first-order valence-corrected chi connectivity index (χ1v) is 11.6. The van der Waals surface area contributed by atoms with E-state index in [9.17, 15) is 9.90 Å². The second-order valence-electron chi connectivity index (χ2n) is 8.71. The summed E-state index contributed by atoms with van der Waals surface area (Å²) in [6.07, 6.45) is 5.62. The number of anilines is 1. The number of aromatic nitrogens is 4. The first-order chi connectivity index (χ1) is 16.5. The molecule has 3 N–H and O–H groups in total. The van der Waals surface area contributed by atoms with Crippen LogP contribution in [0.1, 0.15) is 48.7 Å². The molecular formula is C24H32N6O4. The van der Waals surface area contributed by atoms with Gasteiger partial charge in [-0.15, -0.1) is 0 Å². The number of ether oxygens (including phenoxy) is 2. The zero-order valence-corrected chi connectivity index (χ0v) is 19.8. The lowest BCUT2D eigenvalue weighted by molar-refractivity contribution is 0.0678. The van der Waals surface area contributed by atoms with Crippen molar-refractivity contribution < 1.29 is 19.4 Å². The number of hydrogen-bond acceptors (Lipinski definition) is 8. The third-order valence-corrected chi connectivity index (χ3v) is 6.17. The summed E-state index contributed by atoms with van der Waals surface area (Å²) in [4.78, 5) is 31.4. The van der Waals surface area contributed by atoms with Crippen LogP contribution < -0.4 is 15.0 Å². The number of nitrogens with one attached hydrogen (secondary N) is 2. The van der Waals surface area contributed by atoms with Crippen LogP contribution in [0.2, 0.25) is 0 Å². The highest BCUT2D eigenvalue weighted by atomic mass is 16.5. The number of carbonyl (C=O) groups excluding carboxylic acids is 1. The number of aliphatic hydroxyl groups is 1. The highest BCUT2D eigenvalue weighted by Gasteiger charge is 2.25. The molecule has 10 heteroatoms. The predicted octanol–water partition coefficient (Wildman–Crippen LogP) is 2.26. The summed E-state index contributed by atoms with van der Waals surface area (Å²) in [7, 11) is 1.61. The summed E-state index contributed by atoms with van der Waals surface area (Å²) in [6.45, 7) is 5.29. The van der Waals surface area contributed by atoms with Crippen molar-refractivity contribution in [1.82, 2.24) is 25.3 Å². The Hall–Kier alpha value is -3.24. The van der Waals surface area contributed by atoms with Crippen molar-refractivity contribution in [3.63, 3.8) is 0 Å². The molecule has 1 amide bonds. The van der Waals surface area contributed by atoms with Crippen molar-refractivity contribution in [3.05, 3.63) is 41.9 Å². The number of pyridine rings is 1. The number of methoxy groups -OCH3 is 1. The number of nitrogens with zero attached hydrogens (tertiary/aromatic N) is 4. The molecule has 2 atom stereocenters. The van der Waals surface area contributed by atoms with Crippen molar-refractivity contribution in [2.45, 2.75) is 44.8 Å². The fourth-order valence-corrected chi connectivity index (χ4v) is 4.09. The van der Waals surface area contributed by atoms with E-state index in [4.69, 9.17) is 9.47 Å². The highest BCUT2D eigenvalue weighted by molar-refractivity contribution is 5.93. The topological polar surface area (TPSA) is 125 Å². The van der Waals surface area contributed by atoms with Crippen LogP contribution in [-0.4, -0.2) is 76.5 Å². The lowest BCUT2D eigenvalue weighted by Crippen LogP contribution is -2.36. The molecule has 34 heavy (non-hydrogen) atoms. The highest BCUT2D eigenvalue weighted by Crippen LogP contribution is 2.34. The molecule has 1 saturated heterocycles. The zero-order chi connectivity index (χ0) is 24.1. The Morgan fingerprint density at radius 1 is 1.32 bits per heavy atom. The summed E-state index contributed by atoms with van der Waals surface area (Å²) in [5.74, 6) is 0.689. The number of aromatic amines is 1.